The Hall–Kier alpha value is -0.620. The Morgan fingerprint density at radius 3 is 2.61 bits per heavy atom. The van der Waals surface area contributed by atoms with E-state index in [2.05, 4.69) is 15.1 Å². The van der Waals surface area contributed by atoms with Gasteiger partial charge in [0.15, 0.2) is 0 Å². The van der Waals surface area contributed by atoms with Crippen LogP contribution in [0.4, 0.5) is 0 Å². The van der Waals surface area contributed by atoms with Gasteiger partial charge in [-0.15, -0.1) is 0 Å². The molecule has 1 heterocycles. The Kier molecular flexibility index (Phi) is 8.00. The lowest BCUT2D eigenvalue weighted by atomic mass is 10.3. The fraction of sp³-hybridized carbons (Fsp3) is 0.750. The predicted molar refractivity (Wildman–Crippen MR) is 72.8 cm³/mol. The van der Waals surface area contributed by atoms with Crippen LogP contribution in [0.25, 0.3) is 0 Å². The van der Waals surface area contributed by atoms with Crippen molar-refractivity contribution in [2.75, 3.05) is 59.5 Å². The number of ether oxygens (including phenoxy) is 1. The maximum Gasteiger partial charge on any atom is 0.234 e. The lowest BCUT2D eigenvalue weighted by Crippen LogP contribution is -2.49. The molecule has 5 nitrogen and oxygen atoms in total. The highest BCUT2D eigenvalue weighted by Gasteiger charge is 2.17. The van der Waals surface area contributed by atoms with E-state index in [4.69, 9.17) is 16.3 Å². The lowest BCUT2D eigenvalue weighted by molar-refractivity contribution is -0.122. The van der Waals surface area contributed by atoms with Crippen molar-refractivity contribution in [3.63, 3.8) is 0 Å². The number of nitrogens with zero attached hydrogens (tertiary/aromatic N) is 2. The molecule has 1 amide bonds. The van der Waals surface area contributed by atoms with E-state index in [0.717, 1.165) is 32.7 Å². The number of amides is 1. The summed E-state index contributed by atoms with van der Waals surface area (Å²) in [6.45, 7) is 6.31. The molecule has 104 valence electrons. The zero-order chi connectivity index (χ0) is 13.2. The molecule has 6 heteroatoms. The van der Waals surface area contributed by atoms with Crippen LogP contribution in [0.3, 0.4) is 0 Å². The van der Waals surface area contributed by atoms with E-state index in [0.29, 0.717) is 19.7 Å². The van der Waals surface area contributed by atoms with Gasteiger partial charge in [-0.1, -0.05) is 17.7 Å². The first-order valence-corrected chi connectivity index (χ1v) is 6.65. The van der Waals surface area contributed by atoms with Crippen molar-refractivity contribution in [2.45, 2.75) is 0 Å². The van der Waals surface area contributed by atoms with E-state index in [1.54, 1.807) is 12.6 Å². The van der Waals surface area contributed by atoms with Gasteiger partial charge in [0.2, 0.25) is 5.91 Å². The number of hydrogen-bond acceptors (Lipinski definition) is 4. The van der Waals surface area contributed by atoms with Gasteiger partial charge in [0.1, 0.15) is 0 Å². The van der Waals surface area contributed by atoms with Crippen LogP contribution in [-0.2, 0) is 9.53 Å². The highest BCUT2D eigenvalue weighted by molar-refractivity contribution is 6.25. The van der Waals surface area contributed by atoms with Crippen LogP contribution in [0.15, 0.2) is 11.6 Å². The minimum absolute atomic E-state index is 0.0705. The number of nitrogens with one attached hydrogen (secondary N) is 1. The molecule has 1 aliphatic heterocycles. The maximum atomic E-state index is 11.6. The van der Waals surface area contributed by atoms with Crippen LogP contribution in [0.2, 0.25) is 0 Å². The average Bonchev–Trinajstić information content (AvgIpc) is 2.38. The molecule has 0 aromatic heterocycles. The summed E-state index contributed by atoms with van der Waals surface area (Å²) < 4.78 is 4.88. The number of carbonyl (C=O) groups is 1. The quantitative estimate of drug-likeness (QED) is 0.671. The van der Waals surface area contributed by atoms with Crippen LogP contribution in [0.1, 0.15) is 0 Å². The largest absolute Gasteiger partial charge is 0.383 e. The van der Waals surface area contributed by atoms with Gasteiger partial charge in [-0.2, -0.15) is 0 Å². The zero-order valence-corrected chi connectivity index (χ0v) is 11.7. The van der Waals surface area contributed by atoms with Gasteiger partial charge in [-0.3, -0.25) is 14.6 Å². The topological polar surface area (TPSA) is 44.8 Å². The smallest absolute Gasteiger partial charge is 0.234 e. The summed E-state index contributed by atoms with van der Waals surface area (Å²) in [6.07, 6.45) is 1.94. The van der Waals surface area contributed by atoms with Gasteiger partial charge in [0.25, 0.3) is 0 Å². The minimum Gasteiger partial charge on any atom is -0.383 e. The molecule has 0 unspecified atom stereocenters. The first-order valence-electron chi connectivity index (χ1n) is 6.22. The van der Waals surface area contributed by atoms with Crippen LogP contribution in [0.5, 0.6) is 0 Å². The standard InChI is InChI=1S/C12H22ClN3O2/c1-18-10-4-14-12(17)11-16-8-6-15(7-9-16)5-2-3-13/h2-3H,4-11H2,1H3,(H,14,17)/b3-2+. The summed E-state index contributed by atoms with van der Waals surface area (Å²) in [5, 5.41) is 2.83. The zero-order valence-electron chi connectivity index (χ0n) is 10.9. The van der Waals surface area contributed by atoms with Gasteiger partial charge >= 0.3 is 0 Å². The summed E-state index contributed by atoms with van der Waals surface area (Å²) >= 11 is 5.50. The fourth-order valence-electron chi connectivity index (χ4n) is 1.87. The third-order valence-electron chi connectivity index (χ3n) is 2.91. The summed E-state index contributed by atoms with van der Waals surface area (Å²) in [6, 6.07) is 0. The monoisotopic (exact) mass is 275 g/mol. The third-order valence-corrected chi connectivity index (χ3v) is 3.09. The number of carbonyl (C=O) groups excluding carboxylic acids is 1. The van der Waals surface area contributed by atoms with Gasteiger partial charge in [-0.05, 0) is 0 Å². The molecular weight excluding hydrogens is 254 g/mol. The number of hydrogen-bond donors (Lipinski definition) is 1. The van der Waals surface area contributed by atoms with Crippen molar-refractivity contribution in [1.82, 2.24) is 15.1 Å². The molecule has 0 aromatic carbocycles. The van der Waals surface area contributed by atoms with Crippen molar-refractivity contribution in [1.29, 1.82) is 0 Å². The van der Waals surface area contributed by atoms with Crippen LogP contribution in [-0.4, -0.2) is 75.2 Å². The second-order valence-corrected chi connectivity index (χ2v) is 4.53. The molecule has 18 heavy (non-hydrogen) atoms. The van der Waals surface area contributed by atoms with Gasteiger partial charge < -0.3 is 10.1 Å². The van der Waals surface area contributed by atoms with Crippen LogP contribution < -0.4 is 5.32 Å². The van der Waals surface area contributed by atoms with Crippen molar-refractivity contribution >= 4 is 17.5 Å². The van der Waals surface area contributed by atoms with Crippen molar-refractivity contribution < 1.29 is 9.53 Å². The average molecular weight is 276 g/mol. The molecule has 0 radical (unpaired) electrons. The normalized spacial score (nSPS) is 18.3. The van der Waals surface area contributed by atoms with Crippen molar-refractivity contribution in [3.8, 4) is 0 Å². The molecular formula is C12H22ClN3O2. The second kappa shape index (κ2) is 9.33. The van der Waals surface area contributed by atoms with Gasteiger partial charge in [0.05, 0.1) is 13.2 Å². The summed E-state index contributed by atoms with van der Waals surface area (Å²) in [4.78, 5) is 16.1. The summed E-state index contributed by atoms with van der Waals surface area (Å²) in [5.41, 5.74) is 1.55. The van der Waals surface area contributed by atoms with Gasteiger partial charge in [0, 0.05) is 51.9 Å². The van der Waals surface area contributed by atoms with Crippen LogP contribution >= 0.6 is 11.6 Å². The van der Waals surface area contributed by atoms with Crippen LogP contribution in [0, 0.1) is 0 Å². The maximum absolute atomic E-state index is 11.6. The van der Waals surface area contributed by atoms with E-state index in [1.807, 2.05) is 6.08 Å². The van der Waals surface area contributed by atoms with E-state index < -0.39 is 0 Å². The Labute approximate surface area is 114 Å². The Morgan fingerprint density at radius 1 is 1.33 bits per heavy atom. The SMILES string of the molecule is COCCNC(=O)CN1CCN(C/C=C/Cl)CC1. The number of methoxy groups -OCH3 is 1. The fourth-order valence-corrected chi connectivity index (χ4v) is 1.95. The molecule has 0 spiro atoms. The predicted octanol–water partition coefficient (Wildman–Crippen LogP) is 0.119. The van der Waals surface area contributed by atoms with E-state index in [1.165, 1.54) is 0 Å². The first kappa shape index (κ1) is 15.4. The Balaban J connectivity index is 2.13. The molecule has 1 N–H and O–H groups in total. The van der Waals surface area contributed by atoms with E-state index >= 15 is 0 Å². The van der Waals surface area contributed by atoms with Gasteiger partial charge in [-0.25, -0.2) is 0 Å². The molecule has 1 fully saturated rings. The molecule has 0 bridgehead atoms. The molecule has 0 aromatic rings. The number of halogens is 1. The summed E-state index contributed by atoms with van der Waals surface area (Å²) in [7, 11) is 1.63. The Bertz CT molecular complexity index is 266. The Morgan fingerprint density at radius 2 is 2.00 bits per heavy atom. The molecule has 0 saturated carbocycles. The third kappa shape index (κ3) is 6.35. The highest BCUT2D eigenvalue weighted by atomic mass is 35.5. The number of rotatable bonds is 7. The lowest BCUT2D eigenvalue weighted by Gasteiger charge is -2.33. The van der Waals surface area contributed by atoms with Crippen molar-refractivity contribution in [3.05, 3.63) is 11.6 Å². The van der Waals surface area contributed by atoms with Crippen molar-refractivity contribution in [2.24, 2.45) is 0 Å². The molecule has 0 atom stereocenters. The van der Waals surface area contributed by atoms with E-state index in [-0.39, 0.29) is 5.91 Å². The molecule has 1 saturated heterocycles. The number of piperazine rings is 1. The van der Waals surface area contributed by atoms with E-state index in [9.17, 15) is 4.79 Å². The summed E-state index contributed by atoms with van der Waals surface area (Å²) in [5.74, 6) is 0.0705. The minimum atomic E-state index is 0.0705. The molecule has 1 rings (SSSR count). The molecule has 1 aliphatic rings. The first-order chi connectivity index (χ1) is 8.76. The highest BCUT2D eigenvalue weighted by Crippen LogP contribution is 2.01. The second-order valence-electron chi connectivity index (χ2n) is 4.28. The molecule has 0 aliphatic carbocycles.